The zero-order valence-corrected chi connectivity index (χ0v) is 16.2. The lowest BCUT2D eigenvalue weighted by atomic mass is 10.1. The number of amides is 1. The van der Waals surface area contributed by atoms with E-state index < -0.39 is 0 Å². The Labute approximate surface area is 168 Å². The van der Waals surface area contributed by atoms with Gasteiger partial charge in [0.25, 0.3) is 5.91 Å². The highest BCUT2D eigenvalue weighted by Gasteiger charge is 2.08. The quantitative estimate of drug-likeness (QED) is 0.606. The molecule has 0 aliphatic carbocycles. The molecule has 0 radical (unpaired) electrons. The Morgan fingerprint density at radius 2 is 1.86 bits per heavy atom. The number of benzene rings is 2. The third kappa shape index (κ3) is 5.44. The second kappa shape index (κ2) is 9.71. The van der Waals surface area contributed by atoms with E-state index in [0.717, 1.165) is 23.3 Å². The largest absolute Gasteiger partial charge is 0.496 e. The van der Waals surface area contributed by atoms with Gasteiger partial charge in [-0.3, -0.25) is 4.79 Å². The molecule has 0 atom stereocenters. The number of anilines is 1. The summed E-state index contributed by atoms with van der Waals surface area (Å²) in [5.41, 5.74) is 2.39. The lowest BCUT2D eigenvalue weighted by molar-refractivity contribution is 0.0949. The number of para-hydroxylation sites is 1. The molecule has 28 heavy (non-hydrogen) atoms. The van der Waals surface area contributed by atoms with Crippen molar-refractivity contribution in [3.63, 3.8) is 0 Å². The molecule has 3 aromatic rings. The Balaban J connectivity index is 1.49. The van der Waals surface area contributed by atoms with Crippen molar-refractivity contribution in [2.24, 2.45) is 0 Å². The van der Waals surface area contributed by atoms with E-state index in [1.54, 1.807) is 13.3 Å². The Hall–Kier alpha value is -3.12. The number of halogens is 1. The number of rotatable bonds is 8. The molecule has 1 amide bonds. The van der Waals surface area contributed by atoms with Crippen LogP contribution in [0, 0.1) is 0 Å². The van der Waals surface area contributed by atoms with Gasteiger partial charge in [0, 0.05) is 23.7 Å². The molecule has 3 rings (SSSR count). The molecule has 144 valence electrons. The van der Waals surface area contributed by atoms with E-state index in [1.807, 2.05) is 48.5 Å². The van der Waals surface area contributed by atoms with Crippen LogP contribution in [0.25, 0.3) is 0 Å². The summed E-state index contributed by atoms with van der Waals surface area (Å²) in [6.07, 6.45) is 3.72. The molecular formula is C21H21ClN4O2. The fraction of sp³-hybridized carbons (Fsp3) is 0.190. The van der Waals surface area contributed by atoms with Crippen molar-refractivity contribution in [2.75, 3.05) is 19.0 Å². The average Bonchev–Trinajstić information content (AvgIpc) is 2.74. The van der Waals surface area contributed by atoms with Gasteiger partial charge in [-0.05, 0) is 30.2 Å². The molecule has 0 saturated carbocycles. The van der Waals surface area contributed by atoms with Crippen molar-refractivity contribution < 1.29 is 9.53 Å². The Bertz CT molecular complexity index is 914. The summed E-state index contributed by atoms with van der Waals surface area (Å²) < 4.78 is 5.32. The lowest BCUT2D eigenvalue weighted by Gasteiger charge is -2.10. The molecule has 7 heteroatoms. The predicted octanol–water partition coefficient (Wildman–Crippen LogP) is 3.72. The smallest absolute Gasteiger partial charge is 0.271 e. The Morgan fingerprint density at radius 1 is 1.07 bits per heavy atom. The Morgan fingerprint density at radius 3 is 2.57 bits per heavy atom. The number of ether oxygens (including phenoxy) is 1. The first-order chi connectivity index (χ1) is 13.7. The second-order valence-electron chi connectivity index (χ2n) is 6.08. The number of hydrogen-bond acceptors (Lipinski definition) is 5. The van der Waals surface area contributed by atoms with Crippen LogP contribution in [0.2, 0.25) is 5.02 Å². The molecule has 0 fully saturated rings. The molecular weight excluding hydrogens is 376 g/mol. The number of methoxy groups -OCH3 is 1. The van der Waals surface area contributed by atoms with Gasteiger partial charge >= 0.3 is 0 Å². The highest BCUT2D eigenvalue weighted by atomic mass is 35.5. The van der Waals surface area contributed by atoms with E-state index in [9.17, 15) is 4.79 Å². The second-order valence-corrected chi connectivity index (χ2v) is 6.52. The number of hydrogen-bond donors (Lipinski definition) is 2. The molecule has 0 aliphatic rings. The number of nitrogens with one attached hydrogen (secondary N) is 2. The predicted molar refractivity (Wildman–Crippen MR) is 110 cm³/mol. The highest BCUT2D eigenvalue weighted by molar-refractivity contribution is 6.30. The third-order valence-electron chi connectivity index (χ3n) is 4.15. The van der Waals surface area contributed by atoms with Crippen LogP contribution < -0.4 is 15.4 Å². The standard InChI is InChI=1S/C21H21ClN4O2/c1-28-19-5-3-2-4-16(19)12-25-20-14-24-18(13-26-20)21(27)23-11-10-15-6-8-17(22)9-7-15/h2-9,13-14H,10-12H2,1H3,(H,23,27)(H,25,26). The molecule has 2 N–H and O–H groups in total. The summed E-state index contributed by atoms with van der Waals surface area (Å²) in [6, 6.07) is 15.3. The van der Waals surface area contributed by atoms with Gasteiger partial charge in [0.15, 0.2) is 0 Å². The van der Waals surface area contributed by atoms with Crippen LogP contribution in [0.4, 0.5) is 5.82 Å². The van der Waals surface area contributed by atoms with Crippen molar-refractivity contribution in [1.82, 2.24) is 15.3 Å². The molecule has 0 saturated heterocycles. The van der Waals surface area contributed by atoms with Gasteiger partial charge in [-0.2, -0.15) is 0 Å². The maximum absolute atomic E-state index is 12.2. The Kier molecular flexibility index (Phi) is 6.81. The summed E-state index contributed by atoms with van der Waals surface area (Å²) >= 11 is 5.86. The number of carbonyl (C=O) groups excluding carboxylic acids is 1. The normalized spacial score (nSPS) is 10.4. The summed E-state index contributed by atoms with van der Waals surface area (Å²) in [4.78, 5) is 20.6. The molecule has 1 heterocycles. The minimum atomic E-state index is -0.252. The van der Waals surface area contributed by atoms with Crippen molar-refractivity contribution in [2.45, 2.75) is 13.0 Å². The zero-order valence-electron chi connectivity index (χ0n) is 15.5. The maximum Gasteiger partial charge on any atom is 0.271 e. The van der Waals surface area contributed by atoms with Crippen LogP contribution in [0.5, 0.6) is 5.75 Å². The average molecular weight is 397 g/mol. The van der Waals surface area contributed by atoms with E-state index in [-0.39, 0.29) is 11.6 Å². The molecule has 0 bridgehead atoms. The van der Waals surface area contributed by atoms with E-state index >= 15 is 0 Å². The summed E-state index contributed by atoms with van der Waals surface area (Å²) in [7, 11) is 1.64. The minimum absolute atomic E-state index is 0.252. The summed E-state index contributed by atoms with van der Waals surface area (Å²) in [6.45, 7) is 1.06. The molecule has 0 unspecified atom stereocenters. The molecule has 0 spiro atoms. The molecule has 6 nitrogen and oxygen atoms in total. The van der Waals surface area contributed by atoms with E-state index in [0.29, 0.717) is 23.9 Å². The van der Waals surface area contributed by atoms with Crippen molar-refractivity contribution in [3.05, 3.63) is 82.8 Å². The van der Waals surface area contributed by atoms with Crippen molar-refractivity contribution in [3.8, 4) is 5.75 Å². The number of carbonyl (C=O) groups is 1. The first-order valence-corrected chi connectivity index (χ1v) is 9.24. The lowest BCUT2D eigenvalue weighted by Crippen LogP contribution is -2.26. The van der Waals surface area contributed by atoms with Gasteiger partial charge < -0.3 is 15.4 Å². The van der Waals surface area contributed by atoms with Gasteiger partial charge in [0.05, 0.1) is 19.5 Å². The van der Waals surface area contributed by atoms with Crippen LogP contribution in [0.3, 0.4) is 0 Å². The minimum Gasteiger partial charge on any atom is -0.496 e. The highest BCUT2D eigenvalue weighted by Crippen LogP contribution is 2.18. The molecule has 0 aliphatic heterocycles. The monoisotopic (exact) mass is 396 g/mol. The summed E-state index contributed by atoms with van der Waals surface area (Å²) in [5.74, 6) is 1.14. The first kappa shape index (κ1) is 19.6. The SMILES string of the molecule is COc1ccccc1CNc1cnc(C(=O)NCCc2ccc(Cl)cc2)cn1. The fourth-order valence-electron chi connectivity index (χ4n) is 2.63. The zero-order chi connectivity index (χ0) is 19.8. The van der Waals surface area contributed by atoms with Crippen LogP contribution in [0.1, 0.15) is 21.6 Å². The van der Waals surface area contributed by atoms with Gasteiger partial charge in [0.2, 0.25) is 0 Å². The maximum atomic E-state index is 12.2. The fourth-order valence-corrected chi connectivity index (χ4v) is 2.76. The van der Waals surface area contributed by atoms with Crippen molar-refractivity contribution >= 4 is 23.3 Å². The van der Waals surface area contributed by atoms with E-state index in [2.05, 4.69) is 20.6 Å². The van der Waals surface area contributed by atoms with E-state index in [1.165, 1.54) is 6.20 Å². The van der Waals surface area contributed by atoms with Gasteiger partial charge in [-0.1, -0.05) is 41.9 Å². The van der Waals surface area contributed by atoms with Crippen LogP contribution >= 0.6 is 11.6 Å². The summed E-state index contributed by atoms with van der Waals surface area (Å²) in [5, 5.41) is 6.71. The molecule has 2 aromatic carbocycles. The van der Waals surface area contributed by atoms with Crippen LogP contribution in [-0.4, -0.2) is 29.5 Å². The first-order valence-electron chi connectivity index (χ1n) is 8.86. The topological polar surface area (TPSA) is 76.1 Å². The van der Waals surface area contributed by atoms with Crippen molar-refractivity contribution in [1.29, 1.82) is 0 Å². The van der Waals surface area contributed by atoms with Crippen LogP contribution in [-0.2, 0) is 13.0 Å². The van der Waals surface area contributed by atoms with Gasteiger partial charge in [-0.25, -0.2) is 9.97 Å². The molecule has 1 aromatic heterocycles. The third-order valence-corrected chi connectivity index (χ3v) is 4.40. The number of aromatic nitrogens is 2. The number of nitrogens with zero attached hydrogens (tertiary/aromatic N) is 2. The van der Waals surface area contributed by atoms with E-state index in [4.69, 9.17) is 16.3 Å². The van der Waals surface area contributed by atoms with Crippen LogP contribution in [0.15, 0.2) is 60.9 Å². The van der Waals surface area contributed by atoms with Gasteiger partial charge in [-0.15, -0.1) is 0 Å². The van der Waals surface area contributed by atoms with Gasteiger partial charge in [0.1, 0.15) is 17.3 Å².